The minimum Gasteiger partial charge on any atom is -0.496 e. The highest BCUT2D eigenvalue weighted by atomic mass is 16.5. The molecule has 8 heteroatoms. The topological polar surface area (TPSA) is 99.1 Å². The monoisotopic (exact) mass is 470 g/mol. The van der Waals surface area contributed by atoms with Crippen LogP contribution < -0.4 is 14.8 Å². The lowest BCUT2D eigenvalue weighted by molar-refractivity contribution is -0.145. The van der Waals surface area contributed by atoms with E-state index in [0.29, 0.717) is 50.9 Å². The number of ether oxygens (including phenoxy) is 4. The van der Waals surface area contributed by atoms with Crippen LogP contribution in [0, 0.1) is 0 Å². The lowest BCUT2D eigenvalue weighted by Crippen LogP contribution is -2.50. The number of carbonyl (C=O) groups is 1. The average Bonchev–Trinajstić information content (AvgIpc) is 3.37. The van der Waals surface area contributed by atoms with Crippen molar-refractivity contribution in [3.05, 3.63) is 35.9 Å². The summed E-state index contributed by atoms with van der Waals surface area (Å²) in [6.07, 6.45) is 5.60. The van der Waals surface area contributed by atoms with E-state index < -0.39 is 11.5 Å². The molecule has 2 N–H and O–H groups in total. The molecule has 1 saturated heterocycles. The molecule has 0 unspecified atom stereocenters. The predicted molar refractivity (Wildman–Crippen MR) is 128 cm³/mol. The van der Waals surface area contributed by atoms with Gasteiger partial charge in [-0.25, -0.2) is 9.78 Å². The molecule has 2 aromatic rings. The molecule has 0 bridgehead atoms. The van der Waals surface area contributed by atoms with Crippen molar-refractivity contribution in [3.63, 3.8) is 0 Å². The SMILES string of the molecule is CCOc1cc(OC)cc(-c2ccc(NC3(C(=O)O)CCOCC3)cc2COC2CCCC2)n1. The van der Waals surface area contributed by atoms with Crippen LogP contribution in [0.5, 0.6) is 11.6 Å². The molecular formula is C26H34N2O6. The number of anilines is 1. The predicted octanol–water partition coefficient (Wildman–Crippen LogP) is 4.66. The highest BCUT2D eigenvalue weighted by Gasteiger charge is 2.40. The highest BCUT2D eigenvalue weighted by molar-refractivity contribution is 5.83. The van der Waals surface area contributed by atoms with E-state index in [2.05, 4.69) is 10.3 Å². The van der Waals surface area contributed by atoms with Crippen LogP contribution in [0.2, 0.25) is 0 Å². The quantitative estimate of drug-likeness (QED) is 0.517. The van der Waals surface area contributed by atoms with Gasteiger partial charge in [-0.15, -0.1) is 0 Å². The van der Waals surface area contributed by atoms with Gasteiger partial charge in [-0.1, -0.05) is 18.9 Å². The average molecular weight is 471 g/mol. The van der Waals surface area contributed by atoms with E-state index in [1.807, 2.05) is 31.2 Å². The third-order valence-electron chi connectivity index (χ3n) is 6.60. The van der Waals surface area contributed by atoms with Gasteiger partial charge < -0.3 is 29.4 Å². The summed E-state index contributed by atoms with van der Waals surface area (Å²) in [4.78, 5) is 16.8. The molecule has 4 rings (SSSR count). The zero-order valence-electron chi connectivity index (χ0n) is 20.0. The number of hydrogen-bond donors (Lipinski definition) is 2. The van der Waals surface area contributed by atoms with E-state index in [0.717, 1.165) is 35.3 Å². The van der Waals surface area contributed by atoms with E-state index in [4.69, 9.17) is 18.9 Å². The molecule has 184 valence electrons. The smallest absolute Gasteiger partial charge is 0.329 e. The van der Waals surface area contributed by atoms with Gasteiger partial charge in [0.2, 0.25) is 5.88 Å². The molecule has 2 fully saturated rings. The van der Waals surface area contributed by atoms with Crippen molar-refractivity contribution in [1.29, 1.82) is 0 Å². The molecule has 1 saturated carbocycles. The molecule has 0 amide bonds. The van der Waals surface area contributed by atoms with Crippen molar-refractivity contribution in [3.8, 4) is 22.9 Å². The zero-order valence-corrected chi connectivity index (χ0v) is 20.0. The first-order valence-corrected chi connectivity index (χ1v) is 12.1. The highest BCUT2D eigenvalue weighted by Crippen LogP contribution is 2.34. The molecule has 0 spiro atoms. The van der Waals surface area contributed by atoms with Crippen molar-refractivity contribution >= 4 is 11.7 Å². The fraction of sp³-hybridized carbons (Fsp3) is 0.538. The maximum absolute atomic E-state index is 12.1. The van der Waals surface area contributed by atoms with E-state index >= 15 is 0 Å². The number of methoxy groups -OCH3 is 1. The number of benzene rings is 1. The molecule has 34 heavy (non-hydrogen) atoms. The van der Waals surface area contributed by atoms with Crippen LogP contribution in [0.3, 0.4) is 0 Å². The summed E-state index contributed by atoms with van der Waals surface area (Å²) in [5, 5.41) is 13.2. The Morgan fingerprint density at radius 3 is 2.65 bits per heavy atom. The summed E-state index contributed by atoms with van der Waals surface area (Å²) < 4.78 is 22.8. The molecule has 8 nitrogen and oxygen atoms in total. The first-order valence-electron chi connectivity index (χ1n) is 12.1. The Kier molecular flexibility index (Phi) is 7.90. The summed E-state index contributed by atoms with van der Waals surface area (Å²) in [6, 6.07) is 9.48. The van der Waals surface area contributed by atoms with Gasteiger partial charge in [0.05, 0.1) is 32.1 Å². The molecular weight excluding hydrogens is 436 g/mol. The van der Waals surface area contributed by atoms with Crippen molar-refractivity contribution in [2.24, 2.45) is 0 Å². The van der Waals surface area contributed by atoms with Crippen molar-refractivity contribution < 1.29 is 28.8 Å². The minimum atomic E-state index is -1.04. The molecule has 0 radical (unpaired) electrons. The number of pyridine rings is 1. The van der Waals surface area contributed by atoms with Gasteiger partial charge >= 0.3 is 5.97 Å². The largest absolute Gasteiger partial charge is 0.496 e. The van der Waals surface area contributed by atoms with Gasteiger partial charge in [-0.2, -0.15) is 0 Å². The standard InChI is InChI=1S/C26H34N2O6/c1-3-33-24-16-21(31-2)15-23(27-24)22-9-8-19(14-18(22)17-34-20-6-4-5-7-20)28-26(25(29)30)10-12-32-13-11-26/h8-9,14-16,20,28H,3-7,10-13,17H2,1-2H3,(H,29,30). The van der Waals surface area contributed by atoms with Gasteiger partial charge in [-0.3, -0.25) is 0 Å². The van der Waals surface area contributed by atoms with Crippen LogP contribution in [0.1, 0.15) is 51.0 Å². The van der Waals surface area contributed by atoms with E-state index in [-0.39, 0.29) is 6.10 Å². The Balaban J connectivity index is 1.68. The number of nitrogens with zero attached hydrogens (tertiary/aromatic N) is 1. The molecule has 1 aliphatic heterocycles. The molecule has 1 aromatic heterocycles. The van der Waals surface area contributed by atoms with E-state index in [9.17, 15) is 9.90 Å². The second-order valence-electron chi connectivity index (χ2n) is 8.88. The fourth-order valence-corrected chi connectivity index (χ4v) is 4.65. The second-order valence-corrected chi connectivity index (χ2v) is 8.88. The number of aromatic nitrogens is 1. The first-order chi connectivity index (χ1) is 16.5. The van der Waals surface area contributed by atoms with Crippen molar-refractivity contribution in [2.45, 2.75) is 63.7 Å². The van der Waals surface area contributed by atoms with Crippen molar-refractivity contribution in [1.82, 2.24) is 4.98 Å². The first kappa shape index (κ1) is 24.3. The number of carboxylic acids is 1. The maximum Gasteiger partial charge on any atom is 0.329 e. The second kappa shape index (κ2) is 11.1. The maximum atomic E-state index is 12.1. The van der Waals surface area contributed by atoms with Crippen LogP contribution in [0.4, 0.5) is 5.69 Å². The van der Waals surface area contributed by atoms with Crippen LogP contribution >= 0.6 is 0 Å². The summed E-state index contributed by atoms with van der Waals surface area (Å²) in [5.74, 6) is 0.290. The van der Waals surface area contributed by atoms with Gasteiger partial charge in [0.1, 0.15) is 11.3 Å². The van der Waals surface area contributed by atoms with Crippen molar-refractivity contribution in [2.75, 3.05) is 32.2 Å². The van der Waals surface area contributed by atoms with Gasteiger partial charge in [0, 0.05) is 49.4 Å². The number of carboxylic acid groups (broad SMARTS) is 1. The van der Waals surface area contributed by atoms with Crippen LogP contribution in [0.25, 0.3) is 11.3 Å². The lowest BCUT2D eigenvalue weighted by Gasteiger charge is -2.35. The van der Waals surface area contributed by atoms with E-state index in [1.165, 1.54) is 12.8 Å². The summed E-state index contributed by atoms with van der Waals surface area (Å²) in [7, 11) is 1.62. The summed E-state index contributed by atoms with van der Waals surface area (Å²) in [5.41, 5.74) is 2.26. The third-order valence-corrected chi connectivity index (χ3v) is 6.60. The van der Waals surface area contributed by atoms with Gasteiger partial charge in [0.25, 0.3) is 0 Å². The Morgan fingerprint density at radius 1 is 1.21 bits per heavy atom. The molecule has 2 aliphatic rings. The number of nitrogens with one attached hydrogen (secondary N) is 1. The summed E-state index contributed by atoms with van der Waals surface area (Å²) >= 11 is 0. The number of aliphatic carboxylic acids is 1. The number of hydrogen-bond acceptors (Lipinski definition) is 7. The third kappa shape index (κ3) is 5.62. The lowest BCUT2D eigenvalue weighted by atomic mass is 9.89. The zero-order chi connectivity index (χ0) is 24.0. The molecule has 1 aromatic carbocycles. The van der Waals surface area contributed by atoms with Crippen LogP contribution in [-0.2, 0) is 20.9 Å². The van der Waals surface area contributed by atoms with Crippen LogP contribution in [-0.4, -0.2) is 54.6 Å². The van der Waals surface area contributed by atoms with Crippen LogP contribution in [0.15, 0.2) is 30.3 Å². The Hall–Kier alpha value is -2.84. The van der Waals surface area contributed by atoms with Gasteiger partial charge in [0.15, 0.2) is 0 Å². The Labute approximate surface area is 200 Å². The Bertz CT molecular complexity index is 983. The molecule has 0 atom stereocenters. The normalized spacial score (nSPS) is 17.9. The molecule has 2 heterocycles. The van der Waals surface area contributed by atoms with Gasteiger partial charge in [-0.05, 0) is 37.5 Å². The summed E-state index contributed by atoms with van der Waals surface area (Å²) in [6.45, 7) is 3.67. The van der Waals surface area contributed by atoms with E-state index in [1.54, 1.807) is 13.2 Å². The molecule has 1 aliphatic carbocycles. The number of rotatable bonds is 10. The minimum absolute atomic E-state index is 0.252. The Morgan fingerprint density at radius 2 is 1.97 bits per heavy atom. The fourth-order valence-electron chi connectivity index (χ4n) is 4.65.